The number of nitrogens with two attached hydrogens (primary N) is 1. The molecule has 2 aliphatic rings. The fourth-order valence-corrected chi connectivity index (χ4v) is 2.87. The second-order valence-electron chi connectivity index (χ2n) is 3.65. The van der Waals surface area contributed by atoms with Gasteiger partial charge in [-0.25, -0.2) is 15.0 Å². The molecule has 1 unspecified atom stereocenters. The first kappa shape index (κ1) is 10.7. The van der Waals surface area contributed by atoms with E-state index in [1.165, 1.54) is 0 Å². The first-order chi connectivity index (χ1) is 8.13. The van der Waals surface area contributed by atoms with Crippen molar-refractivity contribution in [2.75, 3.05) is 0 Å². The van der Waals surface area contributed by atoms with Crippen molar-refractivity contribution < 1.29 is 0 Å². The lowest BCUT2D eigenvalue weighted by atomic mass is 10.3. The molecule has 7 heteroatoms. The molecule has 0 aliphatic carbocycles. The predicted octanol–water partition coefficient (Wildman–Crippen LogP) is 1.86. The lowest BCUT2D eigenvalue weighted by Gasteiger charge is -2.22. The van der Waals surface area contributed by atoms with Crippen LogP contribution in [0.25, 0.3) is 0 Å². The number of thioether (sulfide) groups is 1. The Morgan fingerprint density at radius 1 is 1.29 bits per heavy atom. The Labute approximate surface area is 107 Å². The zero-order valence-electron chi connectivity index (χ0n) is 8.88. The van der Waals surface area contributed by atoms with E-state index in [1.54, 1.807) is 11.8 Å². The Bertz CT molecular complexity index is 592. The molecule has 0 bridgehead atoms. The van der Waals surface area contributed by atoms with Crippen molar-refractivity contribution in [2.24, 2.45) is 20.7 Å². The molecule has 0 radical (unpaired) electrons. The average Bonchev–Trinajstić information content (AvgIpc) is 2.26. The van der Waals surface area contributed by atoms with Gasteiger partial charge in [-0.2, -0.15) is 4.99 Å². The van der Waals surface area contributed by atoms with Gasteiger partial charge in [-0.05, 0) is 19.1 Å². The molecule has 2 N–H and O–H groups in total. The van der Waals surface area contributed by atoms with Gasteiger partial charge in [0.05, 0.1) is 4.90 Å². The minimum absolute atomic E-state index is 0.140. The Kier molecular flexibility index (Phi) is 2.41. The number of halogens is 1. The highest BCUT2D eigenvalue weighted by molar-refractivity contribution is 8.01. The van der Waals surface area contributed by atoms with Gasteiger partial charge in [0, 0.05) is 5.69 Å². The molecule has 0 amide bonds. The van der Waals surface area contributed by atoms with Crippen LogP contribution in [-0.2, 0) is 0 Å². The average molecular weight is 266 g/mol. The summed E-state index contributed by atoms with van der Waals surface area (Å²) >= 11 is 7.59. The third kappa shape index (κ3) is 1.83. The second-order valence-corrected chi connectivity index (χ2v) is 5.18. The molecule has 0 saturated carbocycles. The monoisotopic (exact) mass is 265 g/mol. The van der Waals surface area contributed by atoms with Crippen molar-refractivity contribution in [1.29, 1.82) is 0 Å². The van der Waals surface area contributed by atoms with Crippen LogP contribution in [0.5, 0.6) is 0 Å². The minimum atomic E-state index is -0.166. The molecular weight excluding hydrogens is 258 g/mol. The van der Waals surface area contributed by atoms with Crippen LogP contribution in [0.2, 0.25) is 0 Å². The van der Waals surface area contributed by atoms with Crippen LogP contribution in [0.15, 0.2) is 32.0 Å². The van der Waals surface area contributed by atoms with Crippen LogP contribution in [0.4, 0.5) is 5.82 Å². The summed E-state index contributed by atoms with van der Waals surface area (Å²) in [6.07, 6.45) is 0. The highest BCUT2D eigenvalue weighted by Crippen LogP contribution is 2.38. The summed E-state index contributed by atoms with van der Waals surface area (Å²) in [7, 11) is 0. The minimum Gasteiger partial charge on any atom is -0.368 e. The molecule has 0 aromatic carbocycles. The number of aromatic nitrogens is 1. The summed E-state index contributed by atoms with van der Waals surface area (Å²) in [6.45, 7) is 1.92. The fourth-order valence-electron chi connectivity index (χ4n) is 1.60. The van der Waals surface area contributed by atoms with Gasteiger partial charge in [-0.1, -0.05) is 11.6 Å². The van der Waals surface area contributed by atoms with Crippen LogP contribution in [0.3, 0.4) is 0 Å². The first-order valence-corrected chi connectivity index (χ1v) is 6.20. The van der Waals surface area contributed by atoms with E-state index in [0.717, 1.165) is 10.6 Å². The molecule has 1 aromatic heterocycles. The van der Waals surface area contributed by atoms with Gasteiger partial charge in [-0.15, -0.1) is 11.8 Å². The molecule has 2 aliphatic heterocycles. The molecule has 3 rings (SSSR count). The number of nitrogens with zero attached hydrogens (tertiary/aromatic N) is 4. The number of rotatable bonds is 0. The quantitative estimate of drug-likeness (QED) is 0.778. The van der Waals surface area contributed by atoms with E-state index in [0.29, 0.717) is 16.8 Å². The molecule has 17 heavy (non-hydrogen) atoms. The van der Waals surface area contributed by atoms with Crippen molar-refractivity contribution in [3.63, 3.8) is 0 Å². The first-order valence-electron chi connectivity index (χ1n) is 4.94. The Morgan fingerprint density at radius 3 is 2.94 bits per heavy atom. The summed E-state index contributed by atoms with van der Waals surface area (Å²) in [5.74, 6) is 1.38. The second kappa shape index (κ2) is 3.82. The standard InChI is InChI=1S/C10H8ClN5S/c1-4-2-3-5-8(13-4)15-9-6(17-5)7(11)14-10(12)16-9/h2-3,6H,1H3,(H2,12,13,15,16). The lowest BCUT2D eigenvalue weighted by Crippen LogP contribution is -2.32. The number of hydrogen-bond acceptors (Lipinski definition) is 6. The normalized spacial score (nSPS) is 22.0. The Balaban J connectivity index is 2.13. The number of aliphatic imine (C=N–C) groups is 3. The molecule has 3 heterocycles. The number of guanidine groups is 1. The Morgan fingerprint density at radius 2 is 2.12 bits per heavy atom. The Hall–Kier alpha value is -1.40. The van der Waals surface area contributed by atoms with Gasteiger partial charge in [0.2, 0.25) is 5.96 Å². The maximum absolute atomic E-state index is 6.05. The summed E-state index contributed by atoms with van der Waals surface area (Å²) < 4.78 is 0. The number of aryl methyl sites for hydroxylation is 1. The summed E-state index contributed by atoms with van der Waals surface area (Å²) in [6, 6.07) is 3.92. The SMILES string of the molecule is Cc1ccc2c(n1)N=C1N=C(N)N=C(Cl)C1S2. The van der Waals surface area contributed by atoms with E-state index in [-0.39, 0.29) is 11.2 Å². The highest BCUT2D eigenvalue weighted by atomic mass is 35.5. The van der Waals surface area contributed by atoms with Gasteiger partial charge < -0.3 is 5.73 Å². The molecule has 0 spiro atoms. The van der Waals surface area contributed by atoms with Crippen LogP contribution in [0, 0.1) is 6.92 Å². The van der Waals surface area contributed by atoms with Gasteiger partial charge in [0.1, 0.15) is 10.4 Å². The molecule has 1 aromatic rings. The van der Waals surface area contributed by atoms with Crippen molar-refractivity contribution in [1.82, 2.24) is 4.98 Å². The number of fused-ring (bicyclic) bond motifs is 2. The number of amidine groups is 1. The number of hydrogen-bond donors (Lipinski definition) is 1. The van der Waals surface area contributed by atoms with Gasteiger partial charge in [0.15, 0.2) is 11.7 Å². The fraction of sp³-hybridized carbons (Fsp3) is 0.200. The highest BCUT2D eigenvalue weighted by Gasteiger charge is 2.31. The van der Waals surface area contributed by atoms with Gasteiger partial charge in [0.25, 0.3) is 0 Å². The third-order valence-corrected chi connectivity index (χ3v) is 4.02. The molecule has 1 atom stereocenters. The van der Waals surface area contributed by atoms with Crippen LogP contribution in [-0.4, -0.2) is 27.2 Å². The summed E-state index contributed by atoms with van der Waals surface area (Å²) in [5.41, 5.74) is 6.47. The summed E-state index contributed by atoms with van der Waals surface area (Å²) in [4.78, 5) is 17.8. The largest absolute Gasteiger partial charge is 0.368 e. The smallest absolute Gasteiger partial charge is 0.222 e. The van der Waals surface area contributed by atoms with Crippen molar-refractivity contribution in [3.8, 4) is 0 Å². The van der Waals surface area contributed by atoms with E-state index in [4.69, 9.17) is 17.3 Å². The molecular formula is C10H8ClN5S. The number of pyridine rings is 1. The van der Waals surface area contributed by atoms with Crippen molar-refractivity contribution >= 4 is 46.1 Å². The maximum Gasteiger partial charge on any atom is 0.222 e. The van der Waals surface area contributed by atoms with Crippen LogP contribution >= 0.6 is 23.4 Å². The van der Waals surface area contributed by atoms with E-state index >= 15 is 0 Å². The maximum atomic E-state index is 6.05. The molecule has 5 nitrogen and oxygen atoms in total. The zero-order chi connectivity index (χ0) is 12.0. The van der Waals surface area contributed by atoms with Crippen LogP contribution in [0.1, 0.15) is 5.69 Å². The van der Waals surface area contributed by atoms with Crippen molar-refractivity contribution in [3.05, 3.63) is 17.8 Å². The van der Waals surface area contributed by atoms with Gasteiger partial charge in [-0.3, -0.25) is 0 Å². The van der Waals surface area contributed by atoms with E-state index in [2.05, 4.69) is 20.0 Å². The predicted molar refractivity (Wildman–Crippen MR) is 70.6 cm³/mol. The van der Waals surface area contributed by atoms with Crippen molar-refractivity contribution in [2.45, 2.75) is 17.1 Å². The zero-order valence-corrected chi connectivity index (χ0v) is 10.5. The topological polar surface area (TPSA) is 76.0 Å². The van der Waals surface area contributed by atoms with Gasteiger partial charge >= 0.3 is 0 Å². The van der Waals surface area contributed by atoms with E-state index in [1.807, 2.05) is 19.1 Å². The molecule has 0 fully saturated rings. The van der Waals surface area contributed by atoms with E-state index in [9.17, 15) is 0 Å². The molecule has 86 valence electrons. The van der Waals surface area contributed by atoms with Crippen LogP contribution < -0.4 is 5.73 Å². The molecule has 0 saturated heterocycles. The van der Waals surface area contributed by atoms with E-state index < -0.39 is 0 Å². The third-order valence-electron chi connectivity index (χ3n) is 2.35. The lowest BCUT2D eigenvalue weighted by molar-refractivity contribution is 1.11. The summed E-state index contributed by atoms with van der Waals surface area (Å²) in [5, 5.41) is 0.244.